The molecule has 1 heterocycles. The van der Waals surface area contributed by atoms with E-state index in [0.29, 0.717) is 17.4 Å². The van der Waals surface area contributed by atoms with Crippen LogP contribution in [-0.4, -0.2) is 15.7 Å². The number of hydrogen-bond donors (Lipinski definition) is 1. The first kappa shape index (κ1) is 12.6. The quantitative estimate of drug-likeness (QED) is 0.929. The summed E-state index contributed by atoms with van der Waals surface area (Å²) >= 11 is 5.92. The maximum absolute atomic E-state index is 12.7. The molecule has 1 aromatic carbocycles. The van der Waals surface area contributed by atoms with Gasteiger partial charge in [-0.1, -0.05) is 23.7 Å². The van der Waals surface area contributed by atoms with Crippen molar-refractivity contribution in [3.63, 3.8) is 0 Å². The minimum Gasteiger partial charge on any atom is -0.308 e. The molecule has 4 nitrogen and oxygen atoms in total. The van der Waals surface area contributed by atoms with E-state index in [4.69, 9.17) is 11.6 Å². The predicted molar refractivity (Wildman–Crippen MR) is 67.0 cm³/mol. The monoisotopic (exact) mass is 267 g/mol. The lowest BCUT2D eigenvalue weighted by atomic mass is 10.2. The molecule has 0 spiro atoms. The molecular weight excluding hydrogens is 257 g/mol. The summed E-state index contributed by atoms with van der Waals surface area (Å²) in [5.41, 5.74) is 0.893. The number of anilines is 1. The van der Waals surface area contributed by atoms with E-state index in [1.54, 1.807) is 23.0 Å². The smallest absolute Gasteiger partial charge is 0.222 e. The van der Waals surface area contributed by atoms with Gasteiger partial charge in [-0.05, 0) is 17.7 Å². The average molecular weight is 268 g/mol. The lowest BCUT2D eigenvalue weighted by Gasteiger charge is -2.01. The van der Waals surface area contributed by atoms with Crippen molar-refractivity contribution >= 4 is 23.3 Å². The van der Waals surface area contributed by atoms with Gasteiger partial charge in [0.05, 0.1) is 6.54 Å². The first-order chi connectivity index (χ1) is 8.54. The van der Waals surface area contributed by atoms with Crippen molar-refractivity contribution in [2.75, 3.05) is 5.32 Å². The van der Waals surface area contributed by atoms with Gasteiger partial charge in [-0.25, -0.2) is 4.39 Å². The topological polar surface area (TPSA) is 46.9 Å². The number of halogens is 2. The molecule has 0 atom stereocenters. The van der Waals surface area contributed by atoms with Gasteiger partial charge in [-0.2, -0.15) is 5.10 Å². The molecule has 0 bridgehead atoms. The van der Waals surface area contributed by atoms with Crippen LogP contribution in [0.1, 0.15) is 12.5 Å². The van der Waals surface area contributed by atoms with Crippen LogP contribution in [0, 0.1) is 5.82 Å². The second-order valence-electron chi connectivity index (χ2n) is 3.83. The Hall–Kier alpha value is -1.88. The van der Waals surface area contributed by atoms with Crippen molar-refractivity contribution in [2.24, 2.45) is 0 Å². The Kier molecular flexibility index (Phi) is 3.62. The number of nitrogens with one attached hydrogen (secondary N) is 1. The van der Waals surface area contributed by atoms with Gasteiger partial charge in [-0.15, -0.1) is 0 Å². The Morgan fingerprint density at radius 1 is 1.44 bits per heavy atom. The van der Waals surface area contributed by atoms with Crippen LogP contribution in [0.3, 0.4) is 0 Å². The van der Waals surface area contributed by atoms with Crippen molar-refractivity contribution in [2.45, 2.75) is 13.5 Å². The molecule has 0 saturated heterocycles. The zero-order valence-electron chi connectivity index (χ0n) is 9.65. The molecule has 0 radical (unpaired) electrons. The first-order valence-corrected chi connectivity index (χ1v) is 5.67. The third kappa shape index (κ3) is 3.07. The Balaban J connectivity index is 2.14. The van der Waals surface area contributed by atoms with E-state index in [1.807, 2.05) is 0 Å². The molecule has 18 heavy (non-hydrogen) atoms. The number of benzene rings is 1. The van der Waals surface area contributed by atoms with Gasteiger partial charge in [0, 0.05) is 13.1 Å². The van der Waals surface area contributed by atoms with Crippen LogP contribution in [-0.2, 0) is 11.3 Å². The molecule has 2 aromatic rings. The van der Waals surface area contributed by atoms with Crippen molar-refractivity contribution < 1.29 is 9.18 Å². The SMILES string of the molecule is CC(=O)Nc1nn(Cc2ccc(F)cc2)cc1Cl. The number of carbonyl (C=O) groups excluding carboxylic acids is 1. The Morgan fingerprint density at radius 2 is 2.11 bits per heavy atom. The van der Waals surface area contributed by atoms with E-state index in [9.17, 15) is 9.18 Å². The van der Waals surface area contributed by atoms with Gasteiger partial charge in [0.25, 0.3) is 0 Å². The van der Waals surface area contributed by atoms with E-state index in [1.165, 1.54) is 19.1 Å². The van der Waals surface area contributed by atoms with Crippen LogP contribution in [0.2, 0.25) is 5.02 Å². The van der Waals surface area contributed by atoms with Crippen LogP contribution in [0.25, 0.3) is 0 Å². The average Bonchev–Trinajstić information content (AvgIpc) is 2.62. The Bertz CT molecular complexity index is 565. The van der Waals surface area contributed by atoms with Crippen LogP contribution in [0.5, 0.6) is 0 Å². The van der Waals surface area contributed by atoms with Gasteiger partial charge in [0.15, 0.2) is 5.82 Å². The minimum absolute atomic E-state index is 0.232. The zero-order valence-corrected chi connectivity index (χ0v) is 10.4. The number of amides is 1. The maximum Gasteiger partial charge on any atom is 0.222 e. The summed E-state index contributed by atoms with van der Waals surface area (Å²) in [6.07, 6.45) is 1.61. The van der Waals surface area contributed by atoms with Crippen LogP contribution >= 0.6 is 11.6 Å². The summed E-state index contributed by atoms with van der Waals surface area (Å²) < 4.78 is 14.3. The maximum atomic E-state index is 12.7. The molecule has 1 aromatic heterocycles. The lowest BCUT2D eigenvalue weighted by molar-refractivity contribution is -0.114. The summed E-state index contributed by atoms with van der Waals surface area (Å²) in [4.78, 5) is 10.9. The fraction of sp³-hybridized carbons (Fsp3) is 0.167. The van der Waals surface area contributed by atoms with Gasteiger partial charge in [0.1, 0.15) is 10.8 Å². The number of carbonyl (C=O) groups is 1. The third-order valence-corrected chi connectivity index (χ3v) is 2.55. The Morgan fingerprint density at radius 3 is 2.72 bits per heavy atom. The lowest BCUT2D eigenvalue weighted by Crippen LogP contribution is -2.08. The van der Waals surface area contributed by atoms with Crippen molar-refractivity contribution in [3.05, 3.63) is 46.9 Å². The molecule has 94 valence electrons. The second-order valence-corrected chi connectivity index (χ2v) is 4.24. The van der Waals surface area contributed by atoms with E-state index in [2.05, 4.69) is 10.4 Å². The number of hydrogen-bond acceptors (Lipinski definition) is 2. The van der Waals surface area contributed by atoms with E-state index < -0.39 is 0 Å². The summed E-state index contributed by atoms with van der Waals surface area (Å²) in [6, 6.07) is 6.11. The zero-order chi connectivity index (χ0) is 13.1. The standard InChI is InChI=1S/C12H11ClFN3O/c1-8(18)15-12-11(13)7-17(16-12)6-9-2-4-10(14)5-3-9/h2-5,7H,6H2,1H3,(H,15,16,18). The van der Waals surface area contributed by atoms with Crippen molar-refractivity contribution in [3.8, 4) is 0 Å². The predicted octanol–water partition coefficient (Wildman–Crippen LogP) is 2.68. The Labute approximate surface area is 108 Å². The molecule has 6 heteroatoms. The molecule has 0 aliphatic carbocycles. The van der Waals surface area contributed by atoms with Crippen molar-refractivity contribution in [1.29, 1.82) is 0 Å². The molecule has 0 aliphatic rings. The summed E-state index contributed by atoms with van der Waals surface area (Å²) in [5.74, 6) is -0.189. The van der Waals surface area contributed by atoms with Gasteiger partial charge in [0.2, 0.25) is 5.91 Å². The molecule has 0 saturated carbocycles. The van der Waals surface area contributed by atoms with Gasteiger partial charge < -0.3 is 5.32 Å². The molecule has 0 aliphatic heterocycles. The fourth-order valence-electron chi connectivity index (χ4n) is 1.51. The number of rotatable bonds is 3. The van der Waals surface area contributed by atoms with Gasteiger partial charge in [-0.3, -0.25) is 9.48 Å². The highest BCUT2D eigenvalue weighted by molar-refractivity contribution is 6.33. The third-order valence-electron chi connectivity index (χ3n) is 2.27. The number of aromatic nitrogens is 2. The van der Waals surface area contributed by atoms with Crippen molar-refractivity contribution in [1.82, 2.24) is 9.78 Å². The summed E-state index contributed by atoms with van der Waals surface area (Å²) in [5, 5.41) is 7.02. The van der Waals surface area contributed by atoms with Gasteiger partial charge >= 0.3 is 0 Å². The van der Waals surface area contributed by atoms with E-state index in [0.717, 1.165) is 5.56 Å². The van der Waals surface area contributed by atoms with Crippen LogP contribution in [0.15, 0.2) is 30.5 Å². The van der Waals surface area contributed by atoms with Crippen LogP contribution in [0.4, 0.5) is 10.2 Å². The molecule has 1 N–H and O–H groups in total. The molecule has 1 amide bonds. The molecule has 0 fully saturated rings. The highest BCUT2D eigenvalue weighted by Gasteiger charge is 2.08. The van der Waals surface area contributed by atoms with E-state index in [-0.39, 0.29) is 11.7 Å². The first-order valence-electron chi connectivity index (χ1n) is 5.29. The van der Waals surface area contributed by atoms with E-state index >= 15 is 0 Å². The largest absolute Gasteiger partial charge is 0.308 e. The summed E-state index contributed by atoms with van der Waals surface area (Å²) in [6.45, 7) is 1.84. The normalized spacial score (nSPS) is 10.4. The molecule has 0 unspecified atom stereocenters. The fourth-order valence-corrected chi connectivity index (χ4v) is 1.70. The highest BCUT2D eigenvalue weighted by Crippen LogP contribution is 2.19. The van der Waals surface area contributed by atoms with Crippen LogP contribution < -0.4 is 5.32 Å². The molecule has 2 rings (SSSR count). The second kappa shape index (κ2) is 5.18. The summed E-state index contributed by atoms with van der Waals surface area (Å²) in [7, 11) is 0. The highest BCUT2D eigenvalue weighted by atomic mass is 35.5. The molecular formula is C12H11ClFN3O. The number of nitrogens with zero attached hydrogens (tertiary/aromatic N) is 2. The minimum atomic E-state index is -0.281.